The van der Waals surface area contributed by atoms with Crippen molar-refractivity contribution < 1.29 is 13.2 Å². The number of benzene rings is 2. The minimum absolute atomic E-state index is 0.0783. The Balaban J connectivity index is 1.48. The van der Waals surface area contributed by atoms with E-state index < -0.39 is 10.0 Å². The molecule has 26 heavy (non-hydrogen) atoms. The van der Waals surface area contributed by atoms with E-state index in [9.17, 15) is 13.2 Å². The lowest BCUT2D eigenvalue weighted by Gasteiger charge is -2.16. The van der Waals surface area contributed by atoms with Crippen LogP contribution in [0.25, 0.3) is 10.2 Å². The standard InChI is InChI=1S/C18H17N3O3S2/c22-18-6-3-11-21(18)13-7-9-14(10-8-13)26(23,24)19-12-17-20-15-4-1-2-5-16(15)25-17/h1-2,4-5,7-10,19H,3,6,11-12H2. The third-order valence-electron chi connectivity index (χ3n) is 4.28. The molecule has 1 fully saturated rings. The van der Waals surface area contributed by atoms with Crippen molar-refractivity contribution in [3.8, 4) is 0 Å². The van der Waals surface area contributed by atoms with Crippen molar-refractivity contribution in [2.24, 2.45) is 0 Å². The monoisotopic (exact) mass is 387 g/mol. The molecular formula is C18H17N3O3S2. The van der Waals surface area contributed by atoms with Crippen LogP contribution < -0.4 is 9.62 Å². The van der Waals surface area contributed by atoms with Gasteiger partial charge in [-0.1, -0.05) is 12.1 Å². The summed E-state index contributed by atoms with van der Waals surface area (Å²) in [7, 11) is -3.64. The van der Waals surface area contributed by atoms with Crippen LogP contribution in [0.3, 0.4) is 0 Å². The highest BCUT2D eigenvalue weighted by molar-refractivity contribution is 7.89. The average molecular weight is 387 g/mol. The van der Waals surface area contributed by atoms with Crippen molar-refractivity contribution in [3.05, 3.63) is 53.5 Å². The number of sulfonamides is 1. The first-order valence-corrected chi connectivity index (χ1v) is 10.6. The first-order chi connectivity index (χ1) is 12.5. The van der Waals surface area contributed by atoms with Gasteiger partial charge in [-0.25, -0.2) is 18.1 Å². The van der Waals surface area contributed by atoms with Crippen LogP contribution in [0.2, 0.25) is 0 Å². The molecule has 0 aliphatic carbocycles. The van der Waals surface area contributed by atoms with Crippen LogP contribution in [0.4, 0.5) is 5.69 Å². The van der Waals surface area contributed by atoms with E-state index in [0.717, 1.165) is 22.3 Å². The molecule has 134 valence electrons. The van der Waals surface area contributed by atoms with Crippen LogP contribution in [0.5, 0.6) is 0 Å². The van der Waals surface area contributed by atoms with Gasteiger partial charge in [0, 0.05) is 18.7 Å². The van der Waals surface area contributed by atoms with Gasteiger partial charge in [0.25, 0.3) is 0 Å². The molecular weight excluding hydrogens is 370 g/mol. The number of nitrogens with one attached hydrogen (secondary N) is 1. The largest absolute Gasteiger partial charge is 0.312 e. The molecule has 1 saturated heterocycles. The van der Waals surface area contributed by atoms with Gasteiger partial charge in [-0.05, 0) is 42.8 Å². The molecule has 1 aromatic heterocycles. The van der Waals surface area contributed by atoms with Gasteiger partial charge in [-0.3, -0.25) is 4.79 Å². The van der Waals surface area contributed by atoms with E-state index in [4.69, 9.17) is 0 Å². The van der Waals surface area contributed by atoms with Gasteiger partial charge in [0.1, 0.15) is 5.01 Å². The van der Waals surface area contributed by atoms with Gasteiger partial charge in [0.05, 0.1) is 21.7 Å². The normalized spacial score (nSPS) is 15.1. The number of thiazole rings is 1. The Morgan fingerprint density at radius 2 is 1.88 bits per heavy atom. The molecule has 0 spiro atoms. The Hall–Kier alpha value is -2.29. The van der Waals surface area contributed by atoms with E-state index >= 15 is 0 Å². The number of carbonyl (C=O) groups is 1. The van der Waals surface area contributed by atoms with E-state index in [-0.39, 0.29) is 17.3 Å². The topological polar surface area (TPSA) is 79.4 Å². The third kappa shape index (κ3) is 3.35. The summed E-state index contributed by atoms with van der Waals surface area (Å²) in [4.78, 5) is 18.1. The third-order valence-corrected chi connectivity index (χ3v) is 6.74. The maximum absolute atomic E-state index is 12.5. The number of anilines is 1. The summed E-state index contributed by atoms with van der Waals surface area (Å²) in [5.74, 6) is 0.0783. The maximum Gasteiger partial charge on any atom is 0.240 e. The maximum atomic E-state index is 12.5. The molecule has 6 nitrogen and oxygen atoms in total. The van der Waals surface area contributed by atoms with Gasteiger partial charge >= 0.3 is 0 Å². The van der Waals surface area contributed by atoms with Gasteiger partial charge in [-0.15, -0.1) is 11.3 Å². The molecule has 1 amide bonds. The number of fused-ring (bicyclic) bond motifs is 1. The number of hydrogen-bond acceptors (Lipinski definition) is 5. The predicted octanol–water partition coefficient (Wildman–Crippen LogP) is 2.90. The summed E-state index contributed by atoms with van der Waals surface area (Å²) in [6, 6.07) is 14.1. The first kappa shape index (κ1) is 17.1. The van der Waals surface area contributed by atoms with Crippen molar-refractivity contribution in [2.75, 3.05) is 11.4 Å². The van der Waals surface area contributed by atoms with E-state index in [1.165, 1.54) is 23.5 Å². The number of amides is 1. The van der Waals surface area contributed by atoms with E-state index in [1.54, 1.807) is 17.0 Å². The zero-order valence-electron chi connectivity index (χ0n) is 13.9. The molecule has 2 aromatic carbocycles. The Morgan fingerprint density at radius 1 is 1.12 bits per heavy atom. The lowest BCUT2D eigenvalue weighted by molar-refractivity contribution is -0.117. The van der Waals surface area contributed by atoms with Crippen molar-refractivity contribution >= 4 is 43.2 Å². The fourth-order valence-electron chi connectivity index (χ4n) is 2.96. The number of nitrogens with zero attached hydrogens (tertiary/aromatic N) is 2. The molecule has 0 unspecified atom stereocenters. The second-order valence-corrected chi connectivity index (χ2v) is 8.92. The molecule has 0 atom stereocenters. The van der Waals surface area contributed by atoms with E-state index in [2.05, 4.69) is 9.71 Å². The molecule has 4 rings (SSSR count). The number of rotatable bonds is 5. The zero-order chi connectivity index (χ0) is 18.1. The number of aromatic nitrogens is 1. The summed E-state index contributed by atoms with van der Waals surface area (Å²) in [6.45, 7) is 0.828. The highest BCUT2D eigenvalue weighted by Gasteiger charge is 2.22. The molecule has 2 heterocycles. The van der Waals surface area contributed by atoms with E-state index in [0.29, 0.717) is 18.0 Å². The van der Waals surface area contributed by atoms with Gasteiger partial charge in [-0.2, -0.15) is 0 Å². The molecule has 0 radical (unpaired) electrons. The van der Waals surface area contributed by atoms with Gasteiger partial charge in [0.2, 0.25) is 15.9 Å². The highest BCUT2D eigenvalue weighted by Crippen LogP contribution is 2.24. The fourth-order valence-corrected chi connectivity index (χ4v) is 4.95. The second kappa shape index (κ2) is 6.79. The highest BCUT2D eigenvalue weighted by atomic mass is 32.2. The van der Waals surface area contributed by atoms with Crippen LogP contribution in [0, 0.1) is 0 Å². The van der Waals surface area contributed by atoms with Crippen LogP contribution in [-0.4, -0.2) is 25.9 Å². The van der Waals surface area contributed by atoms with Crippen LogP contribution in [0.1, 0.15) is 17.8 Å². The lowest BCUT2D eigenvalue weighted by atomic mass is 10.3. The molecule has 1 N–H and O–H groups in total. The number of para-hydroxylation sites is 1. The predicted molar refractivity (Wildman–Crippen MR) is 102 cm³/mol. The smallest absolute Gasteiger partial charge is 0.240 e. The molecule has 0 saturated carbocycles. The summed E-state index contributed by atoms with van der Waals surface area (Å²) in [5, 5.41) is 0.717. The van der Waals surface area contributed by atoms with Crippen molar-refractivity contribution in [2.45, 2.75) is 24.3 Å². The lowest BCUT2D eigenvalue weighted by Crippen LogP contribution is -2.25. The molecule has 1 aliphatic rings. The van der Waals surface area contributed by atoms with Crippen LogP contribution >= 0.6 is 11.3 Å². The molecule has 1 aliphatic heterocycles. The van der Waals surface area contributed by atoms with E-state index in [1.807, 2.05) is 24.3 Å². The second-order valence-electron chi connectivity index (χ2n) is 6.04. The van der Waals surface area contributed by atoms with Crippen molar-refractivity contribution in [1.82, 2.24) is 9.71 Å². The van der Waals surface area contributed by atoms with Gasteiger partial charge < -0.3 is 4.90 Å². The minimum atomic E-state index is -3.64. The number of hydrogen-bond donors (Lipinski definition) is 1. The SMILES string of the molecule is O=C1CCCN1c1ccc(S(=O)(=O)NCc2nc3ccccc3s2)cc1. The summed E-state index contributed by atoms with van der Waals surface area (Å²) >= 11 is 1.47. The van der Waals surface area contributed by atoms with Crippen LogP contribution in [-0.2, 0) is 21.4 Å². The van der Waals surface area contributed by atoms with Gasteiger partial charge in [0.15, 0.2) is 0 Å². The van der Waals surface area contributed by atoms with Crippen molar-refractivity contribution in [3.63, 3.8) is 0 Å². The summed E-state index contributed by atoms with van der Waals surface area (Å²) in [6.07, 6.45) is 1.38. The molecule has 3 aromatic rings. The fraction of sp³-hybridized carbons (Fsp3) is 0.222. The number of carbonyl (C=O) groups excluding carboxylic acids is 1. The first-order valence-electron chi connectivity index (χ1n) is 8.27. The Bertz CT molecular complexity index is 1030. The quantitative estimate of drug-likeness (QED) is 0.730. The summed E-state index contributed by atoms with van der Waals surface area (Å²) < 4.78 is 28.6. The summed E-state index contributed by atoms with van der Waals surface area (Å²) in [5.41, 5.74) is 1.60. The molecule has 8 heteroatoms. The molecule has 0 bridgehead atoms. The minimum Gasteiger partial charge on any atom is -0.312 e. The van der Waals surface area contributed by atoms with Crippen molar-refractivity contribution in [1.29, 1.82) is 0 Å². The zero-order valence-corrected chi connectivity index (χ0v) is 15.5. The van der Waals surface area contributed by atoms with Crippen LogP contribution in [0.15, 0.2) is 53.4 Å². The Labute approximate surface area is 155 Å². The average Bonchev–Trinajstić information content (AvgIpc) is 3.26. The Kier molecular flexibility index (Phi) is 4.47. The Morgan fingerprint density at radius 3 is 2.58 bits per heavy atom.